The molecule has 2 saturated heterocycles. The van der Waals surface area contributed by atoms with E-state index in [-0.39, 0.29) is 12.1 Å². The first-order valence-electron chi connectivity index (χ1n) is 9.13. The zero-order valence-corrected chi connectivity index (χ0v) is 14.8. The Bertz CT molecular complexity index is 346. The lowest BCUT2D eigenvalue weighted by Crippen LogP contribution is -2.50. The molecule has 23 heavy (non-hydrogen) atoms. The Morgan fingerprint density at radius 3 is 2.78 bits per heavy atom. The molecule has 2 amide bonds. The van der Waals surface area contributed by atoms with E-state index in [2.05, 4.69) is 24.1 Å². The minimum absolute atomic E-state index is 0.0903. The molecular formula is C17H33N3O3. The zero-order chi connectivity index (χ0) is 16.5. The number of likely N-dealkylation sites (tertiary alicyclic amines) is 1. The Labute approximate surface area is 140 Å². The molecule has 1 atom stereocenters. The van der Waals surface area contributed by atoms with Crippen LogP contribution < -0.4 is 5.32 Å². The lowest BCUT2D eigenvalue weighted by atomic mass is 10.00. The number of hydrogen-bond acceptors (Lipinski definition) is 4. The van der Waals surface area contributed by atoms with Crippen molar-refractivity contribution in [3.05, 3.63) is 0 Å². The average Bonchev–Trinajstić information content (AvgIpc) is 2.56. The van der Waals surface area contributed by atoms with Gasteiger partial charge in [-0.2, -0.15) is 0 Å². The molecule has 0 saturated carbocycles. The predicted octanol–water partition coefficient (Wildman–Crippen LogP) is 1.70. The highest BCUT2D eigenvalue weighted by atomic mass is 16.5. The van der Waals surface area contributed by atoms with Crippen molar-refractivity contribution in [1.82, 2.24) is 15.1 Å². The SMILES string of the molecule is CC(C)OCC[C@H]1CCCCN1C(=O)NCCN1CCOCC1. The fourth-order valence-electron chi connectivity index (χ4n) is 3.26. The molecule has 6 nitrogen and oxygen atoms in total. The van der Waals surface area contributed by atoms with Gasteiger partial charge < -0.3 is 19.7 Å². The van der Waals surface area contributed by atoms with Crippen molar-refractivity contribution in [1.29, 1.82) is 0 Å². The van der Waals surface area contributed by atoms with Gasteiger partial charge in [-0.1, -0.05) is 0 Å². The summed E-state index contributed by atoms with van der Waals surface area (Å²) in [4.78, 5) is 16.8. The maximum atomic E-state index is 12.5. The molecule has 134 valence electrons. The van der Waals surface area contributed by atoms with Crippen LogP contribution in [0, 0.1) is 0 Å². The number of amides is 2. The number of ether oxygens (including phenoxy) is 2. The topological polar surface area (TPSA) is 54.0 Å². The maximum absolute atomic E-state index is 12.5. The minimum Gasteiger partial charge on any atom is -0.379 e. The van der Waals surface area contributed by atoms with Crippen LogP contribution in [0.5, 0.6) is 0 Å². The summed E-state index contributed by atoms with van der Waals surface area (Å²) in [6, 6.07) is 0.415. The van der Waals surface area contributed by atoms with Crippen LogP contribution in [0.15, 0.2) is 0 Å². The summed E-state index contributed by atoms with van der Waals surface area (Å²) in [5, 5.41) is 3.09. The highest BCUT2D eigenvalue weighted by Gasteiger charge is 2.26. The highest BCUT2D eigenvalue weighted by Crippen LogP contribution is 2.20. The second-order valence-electron chi connectivity index (χ2n) is 6.74. The van der Waals surface area contributed by atoms with E-state index in [1.165, 1.54) is 6.42 Å². The van der Waals surface area contributed by atoms with Crippen molar-refractivity contribution in [2.45, 2.75) is 51.7 Å². The standard InChI is InChI=1S/C17H33N3O3/c1-15(2)23-12-6-16-5-3-4-8-20(16)17(21)18-7-9-19-10-13-22-14-11-19/h15-16H,3-14H2,1-2H3,(H,18,21)/t16-/m1/s1. The Kier molecular flexibility index (Phi) is 8.12. The number of carbonyl (C=O) groups is 1. The van der Waals surface area contributed by atoms with E-state index in [9.17, 15) is 4.79 Å². The van der Waals surface area contributed by atoms with E-state index in [1.807, 2.05) is 4.90 Å². The lowest BCUT2D eigenvalue weighted by Gasteiger charge is -2.36. The van der Waals surface area contributed by atoms with Gasteiger partial charge in [0.25, 0.3) is 0 Å². The first-order chi connectivity index (χ1) is 11.2. The molecule has 2 aliphatic rings. The maximum Gasteiger partial charge on any atom is 0.317 e. The fraction of sp³-hybridized carbons (Fsp3) is 0.941. The van der Waals surface area contributed by atoms with Crippen molar-refractivity contribution in [2.24, 2.45) is 0 Å². The van der Waals surface area contributed by atoms with Crippen LogP contribution in [0.1, 0.15) is 39.5 Å². The summed E-state index contributed by atoms with van der Waals surface area (Å²) < 4.78 is 11.0. The summed E-state index contributed by atoms with van der Waals surface area (Å²) in [5.41, 5.74) is 0. The molecule has 0 unspecified atom stereocenters. The third kappa shape index (κ3) is 6.65. The Hall–Kier alpha value is -0.850. The van der Waals surface area contributed by atoms with Gasteiger partial charge in [0.1, 0.15) is 0 Å². The molecule has 0 bridgehead atoms. The van der Waals surface area contributed by atoms with Gasteiger partial charge in [0.05, 0.1) is 19.3 Å². The van der Waals surface area contributed by atoms with Crippen molar-refractivity contribution in [3.8, 4) is 0 Å². The molecule has 0 radical (unpaired) electrons. The van der Waals surface area contributed by atoms with Gasteiger partial charge in [-0.15, -0.1) is 0 Å². The molecule has 0 spiro atoms. The van der Waals surface area contributed by atoms with Gasteiger partial charge >= 0.3 is 6.03 Å². The van der Waals surface area contributed by atoms with Gasteiger partial charge in [-0.25, -0.2) is 4.79 Å². The molecule has 0 aliphatic carbocycles. The summed E-state index contributed by atoms with van der Waals surface area (Å²) in [7, 11) is 0. The fourth-order valence-corrected chi connectivity index (χ4v) is 3.26. The van der Waals surface area contributed by atoms with E-state index >= 15 is 0 Å². The second-order valence-corrected chi connectivity index (χ2v) is 6.74. The van der Waals surface area contributed by atoms with Crippen LogP contribution in [0.3, 0.4) is 0 Å². The Morgan fingerprint density at radius 2 is 2.04 bits per heavy atom. The van der Waals surface area contributed by atoms with Gasteiger partial charge in [0, 0.05) is 45.4 Å². The second kappa shape index (κ2) is 10.1. The minimum atomic E-state index is 0.0903. The van der Waals surface area contributed by atoms with Crippen molar-refractivity contribution in [3.63, 3.8) is 0 Å². The van der Waals surface area contributed by atoms with Gasteiger partial charge in [0.2, 0.25) is 0 Å². The monoisotopic (exact) mass is 327 g/mol. The van der Waals surface area contributed by atoms with Gasteiger partial charge in [-0.3, -0.25) is 4.90 Å². The largest absolute Gasteiger partial charge is 0.379 e. The number of morpholine rings is 1. The zero-order valence-electron chi connectivity index (χ0n) is 14.8. The highest BCUT2D eigenvalue weighted by molar-refractivity contribution is 5.74. The average molecular weight is 327 g/mol. The van der Waals surface area contributed by atoms with Crippen LogP contribution in [0.4, 0.5) is 4.79 Å². The molecule has 2 rings (SSSR count). The van der Waals surface area contributed by atoms with Crippen LogP contribution >= 0.6 is 0 Å². The number of nitrogens with one attached hydrogen (secondary N) is 1. The molecule has 6 heteroatoms. The molecule has 2 heterocycles. The molecule has 1 N–H and O–H groups in total. The first kappa shape index (κ1) is 18.5. The molecule has 2 fully saturated rings. The van der Waals surface area contributed by atoms with E-state index in [0.717, 1.165) is 65.3 Å². The summed E-state index contributed by atoms with van der Waals surface area (Å²) in [5.74, 6) is 0. The molecule has 0 aromatic rings. The Balaban J connectivity index is 1.69. The van der Waals surface area contributed by atoms with E-state index in [4.69, 9.17) is 9.47 Å². The third-order valence-electron chi connectivity index (χ3n) is 4.60. The number of piperidine rings is 1. The van der Waals surface area contributed by atoms with Crippen LogP contribution in [-0.4, -0.2) is 80.5 Å². The summed E-state index contributed by atoms with van der Waals surface area (Å²) >= 11 is 0. The van der Waals surface area contributed by atoms with Crippen LogP contribution in [-0.2, 0) is 9.47 Å². The van der Waals surface area contributed by atoms with E-state index in [1.54, 1.807) is 0 Å². The van der Waals surface area contributed by atoms with Crippen molar-refractivity contribution >= 4 is 6.03 Å². The molecule has 2 aliphatic heterocycles. The predicted molar refractivity (Wildman–Crippen MR) is 90.7 cm³/mol. The first-order valence-corrected chi connectivity index (χ1v) is 9.13. The smallest absolute Gasteiger partial charge is 0.317 e. The van der Waals surface area contributed by atoms with Gasteiger partial charge in [0.15, 0.2) is 0 Å². The molecular weight excluding hydrogens is 294 g/mol. The number of rotatable bonds is 7. The number of urea groups is 1. The van der Waals surface area contributed by atoms with E-state index in [0.29, 0.717) is 12.6 Å². The summed E-state index contributed by atoms with van der Waals surface area (Å²) in [6.07, 6.45) is 4.62. The molecule has 0 aromatic carbocycles. The third-order valence-corrected chi connectivity index (χ3v) is 4.60. The molecule has 0 aromatic heterocycles. The normalized spacial score (nSPS) is 23.3. The summed E-state index contributed by atoms with van der Waals surface area (Å²) in [6.45, 7) is 10.9. The van der Waals surface area contributed by atoms with Crippen LogP contribution in [0.2, 0.25) is 0 Å². The lowest BCUT2D eigenvalue weighted by molar-refractivity contribution is 0.0381. The quantitative estimate of drug-likeness (QED) is 0.773. The Morgan fingerprint density at radius 1 is 1.26 bits per heavy atom. The van der Waals surface area contributed by atoms with Gasteiger partial charge in [-0.05, 0) is 39.5 Å². The van der Waals surface area contributed by atoms with Crippen molar-refractivity contribution < 1.29 is 14.3 Å². The van der Waals surface area contributed by atoms with E-state index < -0.39 is 0 Å². The number of nitrogens with zero attached hydrogens (tertiary/aromatic N) is 2. The van der Waals surface area contributed by atoms with Crippen molar-refractivity contribution in [2.75, 3.05) is 52.5 Å². The number of carbonyl (C=O) groups excluding carboxylic acids is 1. The van der Waals surface area contributed by atoms with Crippen LogP contribution in [0.25, 0.3) is 0 Å². The number of hydrogen-bond donors (Lipinski definition) is 1.